The van der Waals surface area contributed by atoms with Gasteiger partial charge < -0.3 is 4.74 Å². The number of aliphatic imine (C=N–C) groups is 1. The SMILES string of the molecule is C#CCOc1ccc(Br)cc1/C=C1\SC(=Nc2ccc(C)cc2)N(c2ccc(C)cc2)C1=O. The zero-order valence-corrected chi connectivity index (χ0v) is 20.6. The van der Waals surface area contributed by atoms with E-state index in [0.717, 1.165) is 32.5 Å². The molecule has 0 spiro atoms. The quantitative estimate of drug-likeness (QED) is 0.274. The zero-order valence-electron chi connectivity index (χ0n) is 18.2. The average Bonchev–Trinajstić information content (AvgIpc) is 3.10. The van der Waals surface area contributed by atoms with Gasteiger partial charge in [0.25, 0.3) is 5.91 Å². The number of amidine groups is 1. The maximum atomic E-state index is 13.5. The van der Waals surface area contributed by atoms with Crippen molar-refractivity contribution in [2.45, 2.75) is 13.8 Å². The molecule has 6 heteroatoms. The van der Waals surface area contributed by atoms with Gasteiger partial charge in [0.15, 0.2) is 5.17 Å². The summed E-state index contributed by atoms with van der Waals surface area (Å²) >= 11 is 4.83. The molecule has 1 heterocycles. The van der Waals surface area contributed by atoms with Crippen molar-refractivity contribution in [2.75, 3.05) is 11.5 Å². The molecule has 4 nitrogen and oxygen atoms in total. The number of halogens is 1. The van der Waals surface area contributed by atoms with Crippen molar-refractivity contribution >= 4 is 56.2 Å². The fourth-order valence-electron chi connectivity index (χ4n) is 3.22. The first-order valence-corrected chi connectivity index (χ1v) is 11.9. The van der Waals surface area contributed by atoms with Crippen molar-refractivity contribution in [3.8, 4) is 18.1 Å². The minimum absolute atomic E-state index is 0.141. The van der Waals surface area contributed by atoms with Crippen LogP contribution in [0.15, 0.2) is 81.1 Å². The van der Waals surface area contributed by atoms with E-state index in [1.54, 1.807) is 4.90 Å². The number of aryl methyl sites for hydroxylation is 2. The number of amides is 1. The molecule has 1 aliphatic heterocycles. The Hall–Kier alpha value is -3.27. The van der Waals surface area contributed by atoms with E-state index in [2.05, 4.69) is 21.9 Å². The van der Waals surface area contributed by atoms with E-state index in [0.29, 0.717) is 15.8 Å². The first-order valence-electron chi connectivity index (χ1n) is 10.3. The maximum Gasteiger partial charge on any atom is 0.271 e. The summed E-state index contributed by atoms with van der Waals surface area (Å²) in [5, 5.41) is 0.597. The van der Waals surface area contributed by atoms with Crippen LogP contribution in [0.1, 0.15) is 16.7 Å². The van der Waals surface area contributed by atoms with E-state index in [1.807, 2.05) is 86.7 Å². The van der Waals surface area contributed by atoms with Gasteiger partial charge in [-0.1, -0.05) is 57.2 Å². The van der Waals surface area contributed by atoms with Crippen molar-refractivity contribution in [1.82, 2.24) is 0 Å². The number of thioether (sulfide) groups is 1. The third-order valence-electron chi connectivity index (χ3n) is 4.93. The fourth-order valence-corrected chi connectivity index (χ4v) is 4.59. The Morgan fingerprint density at radius 2 is 1.73 bits per heavy atom. The highest BCUT2D eigenvalue weighted by Gasteiger charge is 2.35. The molecule has 0 aromatic heterocycles. The van der Waals surface area contributed by atoms with Crippen LogP contribution in [0, 0.1) is 26.2 Å². The highest BCUT2D eigenvalue weighted by Crippen LogP contribution is 2.38. The van der Waals surface area contributed by atoms with Gasteiger partial charge in [-0.2, -0.15) is 0 Å². The summed E-state index contributed by atoms with van der Waals surface area (Å²) in [5.41, 5.74) is 4.59. The topological polar surface area (TPSA) is 41.9 Å². The Balaban J connectivity index is 1.78. The Kier molecular flexibility index (Phi) is 7.02. The van der Waals surface area contributed by atoms with Crippen LogP contribution in [0.2, 0.25) is 0 Å². The molecule has 0 radical (unpaired) electrons. The summed E-state index contributed by atoms with van der Waals surface area (Å²) in [6, 6.07) is 21.3. The van der Waals surface area contributed by atoms with Crippen LogP contribution in [-0.4, -0.2) is 17.7 Å². The molecule has 1 aliphatic rings. The first-order chi connectivity index (χ1) is 15.9. The Morgan fingerprint density at radius 3 is 2.39 bits per heavy atom. The number of anilines is 1. The molecule has 1 amide bonds. The van der Waals surface area contributed by atoms with Gasteiger partial charge in [0.2, 0.25) is 0 Å². The van der Waals surface area contributed by atoms with Crippen molar-refractivity contribution in [3.05, 3.63) is 92.8 Å². The Labute approximate surface area is 206 Å². The molecule has 0 atom stereocenters. The van der Waals surface area contributed by atoms with Crippen LogP contribution in [-0.2, 0) is 4.79 Å². The van der Waals surface area contributed by atoms with E-state index in [1.165, 1.54) is 11.8 Å². The summed E-state index contributed by atoms with van der Waals surface area (Å²) in [4.78, 5) is 20.5. The molecular weight excluding hydrogens is 496 g/mol. The summed E-state index contributed by atoms with van der Waals surface area (Å²) < 4.78 is 6.56. The lowest BCUT2D eigenvalue weighted by atomic mass is 10.1. The predicted octanol–water partition coefficient (Wildman–Crippen LogP) is 6.89. The molecular formula is C27H21BrN2O2S. The van der Waals surface area contributed by atoms with Crippen LogP contribution in [0.3, 0.4) is 0 Å². The molecule has 1 fully saturated rings. The number of benzene rings is 3. The normalized spacial score (nSPS) is 15.8. The molecule has 3 aromatic rings. The van der Waals surface area contributed by atoms with Crippen molar-refractivity contribution in [2.24, 2.45) is 4.99 Å². The van der Waals surface area contributed by atoms with Crippen molar-refractivity contribution in [1.29, 1.82) is 0 Å². The Morgan fingerprint density at radius 1 is 1.06 bits per heavy atom. The van der Waals surface area contributed by atoms with Gasteiger partial charge in [0.05, 0.1) is 16.3 Å². The summed E-state index contributed by atoms with van der Waals surface area (Å²) in [6.07, 6.45) is 7.18. The number of hydrogen-bond acceptors (Lipinski definition) is 4. The summed E-state index contributed by atoms with van der Waals surface area (Å²) in [7, 11) is 0. The lowest BCUT2D eigenvalue weighted by Gasteiger charge is -2.16. The molecule has 1 saturated heterocycles. The number of ether oxygens (including phenoxy) is 1. The number of rotatable bonds is 5. The fraction of sp³-hybridized carbons (Fsp3) is 0.111. The molecule has 164 valence electrons. The molecule has 0 N–H and O–H groups in total. The van der Waals surface area contributed by atoms with Gasteiger partial charge in [-0.3, -0.25) is 9.69 Å². The van der Waals surface area contributed by atoms with Gasteiger partial charge in [0, 0.05) is 10.0 Å². The largest absolute Gasteiger partial charge is 0.480 e. The molecule has 0 unspecified atom stereocenters. The second-order valence-corrected chi connectivity index (χ2v) is 9.42. The van der Waals surface area contributed by atoms with Crippen LogP contribution < -0.4 is 9.64 Å². The second-order valence-electron chi connectivity index (χ2n) is 7.49. The maximum absolute atomic E-state index is 13.5. The first kappa shape index (κ1) is 22.9. The van der Waals surface area contributed by atoms with Crippen molar-refractivity contribution in [3.63, 3.8) is 0 Å². The number of terminal acetylenes is 1. The van der Waals surface area contributed by atoms with Crippen LogP contribution in [0.5, 0.6) is 5.75 Å². The molecule has 33 heavy (non-hydrogen) atoms. The molecule has 0 saturated carbocycles. The standard InChI is InChI=1S/C27H21BrN2O2S/c1-4-15-32-24-14-9-21(28)16-20(24)17-25-26(31)30(23-12-7-19(3)8-13-23)27(33-25)29-22-10-5-18(2)6-11-22/h1,5-14,16-17H,15H2,2-3H3/b25-17-,29-27?. The minimum atomic E-state index is -0.141. The number of carbonyl (C=O) groups excluding carboxylic acids is 1. The molecule has 0 aliphatic carbocycles. The van der Waals surface area contributed by atoms with Crippen LogP contribution in [0.25, 0.3) is 6.08 Å². The second kappa shape index (κ2) is 10.1. The van der Waals surface area contributed by atoms with E-state index < -0.39 is 0 Å². The summed E-state index contributed by atoms with van der Waals surface area (Å²) in [6.45, 7) is 4.19. The lowest BCUT2D eigenvalue weighted by molar-refractivity contribution is -0.113. The average molecular weight is 517 g/mol. The third kappa shape index (κ3) is 5.39. The van der Waals surface area contributed by atoms with Crippen LogP contribution in [0.4, 0.5) is 11.4 Å². The highest BCUT2D eigenvalue weighted by atomic mass is 79.9. The summed E-state index contributed by atoms with van der Waals surface area (Å²) in [5.74, 6) is 2.95. The van der Waals surface area contributed by atoms with Gasteiger partial charge in [0.1, 0.15) is 12.4 Å². The van der Waals surface area contributed by atoms with E-state index in [-0.39, 0.29) is 12.5 Å². The smallest absolute Gasteiger partial charge is 0.271 e. The molecule has 0 bridgehead atoms. The van der Waals surface area contributed by atoms with Gasteiger partial charge in [-0.05, 0) is 74.1 Å². The predicted molar refractivity (Wildman–Crippen MR) is 141 cm³/mol. The minimum Gasteiger partial charge on any atom is -0.480 e. The van der Waals surface area contributed by atoms with E-state index >= 15 is 0 Å². The number of hydrogen-bond donors (Lipinski definition) is 0. The highest BCUT2D eigenvalue weighted by molar-refractivity contribution is 9.10. The zero-order chi connectivity index (χ0) is 23.4. The van der Waals surface area contributed by atoms with Crippen LogP contribution >= 0.6 is 27.7 Å². The van der Waals surface area contributed by atoms with Crippen molar-refractivity contribution < 1.29 is 9.53 Å². The molecule has 3 aromatic carbocycles. The molecule has 4 rings (SSSR count). The Bertz CT molecular complexity index is 1290. The monoisotopic (exact) mass is 516 g/mol. The van der Waals surface area contributed by atoms with Gasteiger partial charge >= 0.3 is 0 Å². The van der Waals surface area contributed by atoms with Gasteiger partial charge in [-0.15, -0.1) is 6.42 Å². The number of nitrogens with zero attached hydrogens (tertiary/aromatic N) is 2. The number of carbonyl (C=O) groups is 1. The van der Waals surface area contributed by atoms with E-state index in [4.69, 9.17) is 16.2 Å². The lowest BCUT2D eigenvalue weighted by Crippen LogP contribution is -2.28. The third-order valence-corrected chi connectivity index (χ3v) is 6.39. The van der Waals surface area contributed by atoms with Gasteiger partial charge in [-0.25, -0.2) is 4.99 Å². The van der Waals surface area contributed by atoms with E-state index in [9.17, 15) is 4.79 Å².